The summed E-state index contributed by atoms with van der Waals surface area (Å²) < 4.78 is 41.9. The molecule has 0 atom stereocenters. The fourth-order valence-corrected chi connectivity index (χ4v) is 3.98. The maximum absolute atomic E-state index is 13.7. The first-order valence-corrected chi connectivity index (χ1v) is 10.4. The summed E-state index contributed by atoms with van der Waals surface area (Å²) in [6.07, 6.45) is 1.87. The molecule has 2 aromatic carbocycles. The Morgan fingerprint density at radius 3 is 2.59 bits per heavy atom. The number of rotatable bonds is 6. The van der Waals surface area contributed by atoms with Crippen LogP contribution in [0, 0.1) is 17.5 Å². The number of aromatic nitrogens is 2. The van der Waals surface area contributed by atoms with Gasteiger partial charge in [0.2, 0.25) is 11.8 Å². The number of likely N-dealkylation sites (N-methyl/N-ethyl adjacent to an activating group) is 1. The summed E-state index contributed by atoms with van der Waals surface area (Å²) in [5.74, 6) is -5.62. The van der Waals surface area contributed by atoms with E-state index in [1.165, 1.54) is 23.3 Å². The van der Waals surface area contributed by atoms with Crippen LogP contribution < -0.4 is 5.32 Å². The lowest BCUT2D eigenvalue weighted by Gasteiger charge is -2.17. The van der Waals surface area contributed by atoms with E-state index >= 15 is 0 Å². The van der Waals surface area contributed by atoms with Crippen LogP contribution >= 0.6 is 11.3 Å². The molecular weight excluding hydrogens is 441 g/mol. The van der Waals surface area contributed by atoms with Crippen LogP contribution in [0.25, 0.3) is 16.2 Å². The van der Waals surface area contributed by atoms with Gasteiger partial charge in [0.1, 0.15) is 0 Å². The molecule has 2 heterocycles. The van der Waals surface area contributed by atoms with Crippen molar-refractivity contribution >= 4 is 33.8 Å². The second-order valence-corrected chi connectivity index (χ2v) is 7.91. The van der Waals surface area contributed by atoms with Crippen molar-refractivity contribution in [2.24, 2.45) is 0 Å². The van der Waals surface area contributed by atoms with Crippen molar-refractivity contribution in [3.05, 3.63) is 77.2 Å². The number of thiazole rings is 1. The molecule has 0 aliphatic carbocycles. The maximum atomic E-state index is 13.7. The third kappa shape index (κ3) is 4.35. The van der Waals surface area contributed by atoms with Gasteiger partial charge in [-0.05, 0) is 12.1 Å². The van der Waals surface area contributed by atoms with Crippen molar-refractivity contribution in [3.8, 4) is 11.3 Å². The number of halogens is 3. The largest absolute Gasteiger partial charge is 0.336 e. The molecule has 0 aliphatic heterocycles. The number of fused-ring (bicyclic) bond motifs is 1. The molecule has 0 unspecified atom stereocenters. The molecule has 1 N–H and O–H groups in total. The van der Waals surface area contributed by atoms with E-state index in [1.54, 1.807) is 0 Å². The molecule has 2 amide bonds. The summed E-state index contributed by atoms with van der Waals surface area (Å²) in [4.78, 5) is 31.2. The second-order valence-electron chi connectivity index (χ2n) is 7.07. The maximum Gasteiger partial charge on any atom is 0.244 e. The standard InChI is InChI=1S/C22H17F3N4O2S/c1-28(11-18(30)26-16-8-7-15(23)20(24)21(16)25)19(31)9-14-12-32-22-27-17(10-29(14)22)13-5-3-2-4-6-13/h2-8,10,12H,9,11H2,1H3,(H,26,30). The van der Waals surface area contributed by atoms with E-state index in [1.807, 2.05) is 46.3 Å². The highest BCUT2D eigenvalue weighted by Crippen LogP contribution is 2.24. The number of amides is 2. The first-order valence-electron chi connectivity index (χ1n) is 9.51. The normalized spacial score (nSPS) is 11.0. The van der Waals surface area contributed by atoms with Crippen LogP contribution in [0.4, 0.5) is 18.9 Å². The zero-order valence-electron chi connectivity index (χ0n) is 16.8. The molecule has 10 heteroatoms. The third-order valence-corrected chi connectivity index (χ3v) is 5.69. The lowest BCUT2D eigenvalue weighted by Crippen LogP contribution is -2.36. The number of hydrogen-bond donors (Lipinski definition) is 1. The lowest BCUT2D eigenvalue weighted by molar-refractivity contribution is -0.132. The molecule has 6 nitrogen and oxygen atoms in total. The van der Waals surface area contributed by atoms with Gasteiger partial charge < -0.3 is 10.2 Å². The predicted octanol–water partition coefficient (Wildman–Crippen LogP) is 4.12. The van der Waals surface area contributed by atoms with Gasteiger partial charge in [-0.1, -0.05) is 30.3 Å². The van der Waals surface area contributed by atoms with Crippen molar-refractivity contribution in [1.82, 2.24) is 14.3 Å². The van der Waals surface area contributed by atoms with Gasteiger partial charge in [-0.2, -0.15) is 0 Å². The Labute approximate surface area is 184 Å². The number of carbonyl (C=O) groups excluding carboxylic acids is 2. The number of nitrogens with one attached hydrogen (secondary N) is 1. The Bertz CT molecular complexity index is 1300. The second kappa shape index (κ2) is 8.83. The molecule has 0 spiro atoms. The highest BCUT2D eigenvalue weighted by molar-refractivity contribution is 7.15. The first-order chi connectivity index (χ1) is 15.3. The summed E-state index contributed by atoms with van der Waals surface area (Å²) in [5.41, 5.74) is 1.95. The number of nitrogens with zero attached hydrogens (tertiary/aromatic N) is 3. The van der Waals surface area contributed by atoms with Gasteiger partial charge in [-0.3, -0.25) is 14.0 Å². The predicted molar refractivity (Wildman–Crippen MR) is 115 cm³/mol. The molecule has 0 bridgehead atoms. The Morgan fingerprint density at radius 1 is 1.09 bits per heavy atom. The van der Waals surface area contributed by atoms with Crippen molar-refractivity contribution in [1.29, 1.82) is 0 Å². The SMILES string of the molecule is CN(CC(=O)Nc1ccc(F)c(F)c1F)C(=O)Cc1csc2nc(-c3ccccc3)cn12. The van der Waals surface area contributed by atoms with Gasteiger partial charge in [0.25, 0.3) is 0 Å². The van der Waals surface area contributed by atoms with Crippen LogP contribution in [0.2, 0.25) is 0 Å². The van der Waals surface area contributed by atoms with E-state index < -0.39 is 29.0 Å². The summed E-state index contributed by atoms with van der Waals surface area (Å²) >= 11 is 1.40. The minimum Gasteiger partial charge on any atom is -0.336 e. The van der Waals surface area contributed by atoms with Crippen LogP contribution in [0.5, 0.6) is 0 Å². The van der Waals surface area contributed by atoms with Gasteiger partial charge in [0.15, 0.2) is 22.4 Å². The number of imidazole rings is 1. The highest BCUT2D eigenvalue weighted by Gasteiger charge is 2.19. The van der Waals surface area contributed by atoms with Gasteiger partial charge in [0.05, 0.1) is 24.3 Å². The van der Waals surface area contributed by atoms with Gasteiger partial charge in [0, 0.05) is 29.9 Å². The Morgan fingerprint density at radius 2 is 1.84 bits per heavy atom. The Kier molecular flexibility index (Phi) is 5.95. The number of benzene rings is 2. The smallest absolute Gasteiger partial charge is 0.244 e. The monoisotopic (exact) mass is 458 g/mol. The molecular formula is C22H17F3N4O2S. The summed E-state index contributed by atoms with van der Waals surface area (Å²) in [6, 6.07) is 11.3. The van der Waals surface area contributed by atoms with E-state index in [4.69, 9.17) is 0 Å². The van der Waals surface area contributed by atoms with Crippen molar-refractivity contribution in [2.75, 3.05) is 18.9 Å². The molecule has 0 fully saturated rings. The molecule has 32 heavy (non-hydrogen) atoms. The van der Waals surface area contributed by atoms with Crippen LogP contribution in [-0.4, -0.2) is 39.7 Å². The van der Waals surface area contributed by atoms with Gasteiger partial charge >= 0.3 is 0 Å². The average Bonchev–Trinajstić information content (AvgIpc) is 3.36. The molecule has 164 valence electrons. The van der Waals surface area contributed by atoms with Crippen LogP contribution in [0.1, 0.15) is 5.69 Å². The quantitative estimate of drug-likeness (QED) is 0.442. The summed E-state index contributed by atoms with van der Waals surface area (Å²) in [6.45, 7) is -0.385. The van der Waals surface area contributed by atoms with Crippen LogP contribution in [-0.2, 0) is 16.0 Å². The molecule has 0 radical (unpaired) electrons. The molecule has 0 aliphatic rings. The summed E-state index contributed by atoms with van der Waals surface area (Å²) in [7, 11) is 1.43. The highest BCUT2D eigenvalue weighted by atomic mass is 32.1. The van der Waals surface area contributed by atoms with Crippen molar-refractivity contribution in [3.63, 3.8) is 0 Å². The van der Waals surface area contributed by atoms with Crippen LogP contribution in [0.3, 0.4) is 0 Å². The van der Waals surface area contributed by atoms with E-state index in [0.29, 0.717) is 11.8 Å². The van der Waals surface area contributed by atoms with Crippen molar-refractivity contribution in [2.45, 2.75) is 6.42 Å². The van der Waals surface area contributed by atoms with E-state index in [-0.39, 0.29) is 18.9 Å². The minimum absolute atomic E-state index is 0.0217. The Balaban J connectivity index is 1.41. The van der Waals surface area contributed by atoms with E-state index in [0.717, 1.165) is 22.3 Å². The zero-order valence-corrected chi connectivity index (χ0v) is 17.6. The number of anilines is 1. The third-order valence-electron chi connectivity index (χ3n) is 4.80. The molecule has 2 aromatic heterocycles. The van der Waals surface area contributed by atoms with Crippen molar-refractivity contribution < 1.29 is 22.8 Å². The van der Waals surface area contributed by atoms with Crippen LogP contribution in [0.15, 0.2) is 54.0 Å². The zero-order chi connectivity index (χ0) is 22.8. The van der Waals surface area contributed by atoms with Gasteiger partial charge in [-0.25, -0.2) is 18.2 Å². The number of hydrogen-bond acceptors (Lipinski definition) is 4. The van der Waals surface area contributed by atoms with E-state index in [9.17, 15) is 22.8 Å². The number of carbonyl (C=O) groups is 2. The average molecular weight is 458 g/mol. The first kappa shape index (κ1) is 21.6. The minimum atomic E-state index is -1.68. The van der Waals surface area contributed by atoms with Gasteiger partial charge in [-0.15, -0.1) is 11.3 Å². The topological polar surface area (TPSA) is 66.7 Å². The molecule has 0 saturated heterocycles. The molecule has 4 rings (SSSR count). The lowest BCUT2D eigenvalue weighted by atomic mass is 10.2. The Hall–Kier alpha value is -3.66. The van der Waals surface area contributed by atoms with E-state index in [2.05, 4.69) is 10.3 Å². The molecule has 0 saturated carbocycles. The fourth-order valence-electron chi connectivity index (χ4n) is 3.11. The molecule has 4 aromatic rings. The summed E-state index contributed by atoms with van der Waals surface area (Å²) in [5, 5.41) is 3.97. The fraction of sp³-hybridized carbons (Fsp3) is 0.136.